The van der Waals surface area contributed by atoms with Crippen LogP contribution in [0.15, 0.2) is 29.6 Å². The molecule has 2 N–H and O–H groups in total. The Kier molecular flexibility index (Phi) is 3.94. The molecule has 0 fully saturated rings. The van der Waals surface area contributed by atoms with Gasteiger partial charge in [0, 0.05) is 27.1 Å². The second-order valence-corrected chi connectivity index (χ2v) is 5.94. The molecule has 0 bridgehead atoms. The van der Waals surface area contributed by atoms with Crippen LogP contribution in [0, 0.1) is 10.5 Å². The van der Waals surface area contributed by atoms with Gasteiger partial charge in [-0.15, -0.1) is 11.3 Å². The van der Waals surface area contributed by atoms with Crippen molar-refractivity contribution in [2.75, 3.05) is 0 Å². The van der Waals surface area contributed by atoms with Gasteiger partial charge in [0.15, 0.2) is 0 Å². The Balaban J connectivity index is 2.11. The van der Waals surface area contributed by atoms with E-state index < -0.39 is 0 Å². The molecule has 0 radical (unpaired) electrons. The van der Waals surface area contributed by atoms with Gasteiger partial charge in [-0.25, -0.2) is 4.98 Å². The summed E-state index contributed by atoms with van der Waals surface area (Å²) in [6.45, 7) is 2.01. The summed E-state index contributed by atoms with van der Waals surface area (Å²) in [7, 11) is 0. The van der Waals surface area contributed by atoms with E-state index in [-0.39, 0.29) is 6.04 Å². The van der Waals surface area contributed by atoms with Crippen LogP contribution in [0.25, 0.3) is 0 Å². The molecule has 0 aliphatic heterocycles. The Morgan fingerprint density at radius 2 is 2.31 bits per heavy atom. The molecule has 0 spiro atoms. The molecule has 2 rings (SSSR count). The van der Waals surface area contributed by atoms with Crippen molar-refractivity contribution in [3.63, 3.8) is 0 Å². The van der Waals surface area contributed by atoms with Crippen LogP contribution in [-0.2, 0) is 6.42 Å². The lowest BCUT2D eigenvalue weighted by molar-refractivity contribution is 0.716. The smallest absolute Gasteiger partial charge is 0.0947 e. The summed E-state index contributed by atoms with van der Waals surface area (Å²) in [6.07, 6.45) is 0.818. The predicted molar refractivity (Wildman–Crippen MR) is 76.6 cm³/mol. The zero-order valence-corrected chi connectivity index (χ0v) is 12.0. The molecule has 1 heterocycles. The monoisotopic (exact) mass is 344 g/mol. The lowest BCUT2D eigenvalue weighted by Gasteiger charge is -2.10. The maximum absolute atomic E-state index is 6.17. The molecule has 4 heteroatoms. The molecule has 84 valence electrons. The van der Waals surface area contributed by atoms with Crippen LogP contribution in [0.3, 0.4) is 0 Å². The maximum atomic E-state index is 6.17. The minimum atomic E-state index is 0.0419. The summed E-state index contributed by atoms with van der Waals surface area (Å²) in [4.78, 5) is 4.44. The van der Waals surface area contributed by atoms with Gasteiger partial charge in [-0.05, 0) is 47.2 Å². The van der Waals surface area contributed by atoms with Crippen molar-refractivity contribution in [1.82, 2.24) is 4.98 Å². The van der Waals surface area contributed by atoms with Gasteiger partial charge in [-0.1, -0.05) is 12.1 Å². The van der Waals surface area contributed by atoms with Crippen molar-refractivity contribution in [2.24, 2.45) is 5.73 Å². The Labute approximate surface area is 113 Å². The van der Waals surface area contributed by atoms with Crippen LogP contribution in [-0.4, -0.2) is 4.98 Å². The van der Waals surface area contributed by atoms with Gasteiger partial charge in [0.25, 0.3) is 0 Å². The van der Waals surface area contributed by atoms with E-state index in [2.05, 4.69) is 51.2 Å². The summed E-state index contributed by atoms with van der Waals surface area (Å²) in [5.41, 5.74) is 8.43. The molecule has 0 saturated carbocycles. The first kappa shape index (κ1) is 12.0. The average molecular weight is 344 g/mol. The van der Waals surface area contributed by atoms with E-state index in [9.17, 15) is 0 Å². The third-order valence-corrected chi connectivity index (χ3v) is 4.00. The summed E-state index contributed by atoms with van der Waals surface area (Å²) < 4.78 is 1.22. The quantitative estimate of drug-likeness (QED) is 0.868. The van der Waals surface area contributed by atoms with E-state index in [1.807, 2.05) is 13.0 Å². The number of nitrogens with two attached hydrogens (primary N) is 1. The number of aryl methyl sites for hydroxylation is 1. The van der Waals surface area contributed by atoms with E-state index >= 15 is 0 Å². The molecule has 1 unspecified atom stereocenters. The summed E-state index contributed by atoms with van der Waals surface area (Å²) in [5, 5.41) is 3.18. The van der Waals surface area contributed by atoms with Gasteiger partial charge in [0.2, 0.25) is 0 Å². The fourth-order valence-electron chi connectivity index (χ4n) is 1.54. The minimum absolute atomic E-state index is 0.0419. The van der Waals surface area contributed by atoms with Gasteiger partial charge in [-0.2, -0.15) is 0 Å². The zero-order chi connectivity index (χ0) is 11.5. The van der Waals surface area contributed by atoms with Gasteiger partial charge in [0.1, 0.15) is 0 Å². The van der Waals surface area contributed by atoms with Gasteiger partial charge < -0.3 is 5.73 Å². The number of aromatic nitrogens is 1. The van der Waals surface area contributed by atoms with Crippen LogP contribution >= 0.6 is 33.9 Å². The lowest BCUT2D eigenvalue weighted by atomic mass is 10.1. The fraction of sp³-hybridized carbons (Fsp3) is 0.250. The van der Waals surface area contributed by atoms with E-state index in [0.29, 0.717) is 0 Å². The Bertz CT molecular complexity index is 481. The highest BCUT2D eigenvalue weighted by molar-refractivity contribution is 14.1. The number of halogens is 1. The molecule has 2 aromatic rings. The SMILES string of the molecule is Cc1csc(CC(N)c2cccc(I)c2)n1. The number of nitrogens with zero attached hydrogens (tertiary/aromatic N) is 1. The normalized spacial score (nSPS) is 12.7. The van der Waals surface area contributed by atoms with E-state index in [4.69, 9.17) is 5.73 Å². The fourth-order valence-corrected chi connectivity index (χ4v) is 2.94. The largest absolute Gasteiger partial charge is 0.324 e. The van der Waals surface area contributed by atoms with E-state index in [1.54, 1.807) is 11.3 Å². The molecular weight excluding hydrogens is 331 g/mol. The first-order valence-electron chi connectivity index (χ1n) is 5.07. The second kappa shape index (κ2) is 5.25. The zero-order valence-electron chi connectivity index (χ0n) is 8.98. The molecule has 1 aromatic carbocycles. The standard InChI is InChI=1S/C12H13IN2S/c1-8-7-16-12(15-8)6-11(14)9-3-2-4-10(13)5-9/h2-5,7,11H,6,14H2,1H3. The predicted octanol–water partition coefficient (Wildman–Crippen LogP) is 3.30. The van der Waals surface area contributed by atoms with Crippen LogP contribution in [0.2, 0.25) is 0 Å². The van der Waals surface area contributed by atoms with E-state index in [1.165, 1.54) is 9.13 Å². The Morgan fingerprint density at radius 3 is 2.94 bits per heavy atom. The molecule has 0 aliphatic rings. The van der Waals surface area contributed by atoms with Gasteiger partial charge >= 0.3 is 0 Å². The van der Waals surface area contributed by atoms with Crippen LogP contribution in [0.1, 0.15) is 22.3 Å². The van der Waals surface area contributed by atoms with E-state index in [0.717, 1.165) is 17.1 Å². The number of hydrogen-bond donors (Lipinski definition) is 1. The van der Waals surface area contributed by atoms with Crippen LogP contribution in [0.4, 0.5) is 0 Å². The van der Waals surface area contributed by atoms with Crippen molar-refractivity contribution in [3.8, 4) is 0 Å². The number of hydrogen-bond acceptors (Lipinski definition) is 3. The van der Waals surface area contributed by atoms with Crippen molar-refractivity contribution in [2.45, 2.75) is 19.4 Å². The van der Waals surface area contributed by atoms with Crippen LogP contribution in [0.5, 0.6) is 0 Å². The number of thiazole rings is 1. The lowest BCUT2D eigenvalue weighted by Crippen LogP contribution is -2.13. The first-order valence-corrected chi connectivity index (χ1v) is 7.03. The highest BCUT2D eigenvalue weighted by atomic mass is 127. The van der Waals surface area contributed by atoms with Gasteiger partial charge in [0.05, 0.1) is 5.01 Å². The third-order valence-electron chi connectivity index (χ3n) is 2.34. The van der Waals surface area contributed by atoms with Crippen molar-refractivity contribution < 1.29 is 0 Å². The average Bonchev–Trinajstić information content (AvgIpc) is 2.64. The van der Waals surface area contributed by atoms with Crippen molar-refractivity contribution in [1.29, 1.82) is 0 Å². The van der Waals surface area contributed by atoms with Crippen molar-refractivity contribution >= 4 is 33.9 Å². The number of rotatable bonds is 3. The topological polar surface area (TPSA) is 38.9 Å². The molecule has 16 heavy (non-hydrogen) atoms. The summed E-state index contributed by atoms with van der Waals surface area (Å²) in [6, 6.07) is 8.37. The number of benzene rings is 1. The highest BCUT2D eigenvalue weighted by Gasteiger charge is 2.09. The van der Waals surface area contributed by atoms with Gasteiger partial charge in [-0.3, -0.25) is 0 Å². The molecular formula is C12H13IN2S. The molecule has 2 nitrogen and oxygen atoms in total. The third kappa shape index (κ3) is 3.02. The Hall–Kier alpha value is -0.460. The maximum Gasteiger partial charge on any atom is 0.0947 e. The molecule has 0 amide bonds. The van der Waals surface area contributed by atoms with Crippen molar-refractivity contribution in [3.05, 3.63) is 49.5 Å². The summed E-state index contributed by atoms with van der Waals surface area (Å²) >= 11 is 3.99. The molecule has 1 atom stereocenters. The van der Waals surface area contributed by atoms with Crippen LogP contribution < -0.4 is 5.73 Å². The molecule has 0 saturated heterocycles. The minimum Gasteiger partial charge on any atom is -0.324 e. The Morgan fingerprint density at radius 1 is 1.50 bits per heavy atom. The second-order valence-electron chi connectivity index (χ2n) is 3.75. The highest BCUT2D eigenvalue weighted by Crippen LogP contribution is 2.20. The molecule has 0 aliphatic carbocycles. The first-order chi connectivity index (χ1) is 7.65. The molecule has 1 aromatic heterocycles. The summed E-state index contributed by atoms with van der Waals surface area (Å²) in [5.74, 6) is 0.